The normalized spacial score (nSPS) is 23.2. The number of halogens is 1. The molecule has 2 aromatic carbocycles. The van der Waals surface area contributed by atoms with Crippen molar-refractivity contribution in [2.45, 2.75) is 56.3 Å². The van der Waals surface area contributed by atoms with Crippen LogP contribution in [0, 0.1) is 0 Å². The van der Waals surface area contributed by atoms with Gasteiger partial charge in [0.2, 0.25) is 15.9 Å². The number of benzene rings is 2. The highest BCUT2D eigenvalue weighted by atomic mass is 35.5. The van der Waals surface area contributed by atoms with E-state index in [0.717, 1.165) is 24.7 Å². The van der Waals surface area contributed by atoms with Crippen LogP contribution in [0.5, 0.6) is 0 Å². The zero-order valence-corrected chi connectivity index (χ0v) is 23.0. The second-order valence-electron chi connectivity index (χ2n) is 10.0. The molecule has 1 aliphatic heterocycles. The van der Waals surface area contributed by atoms with Gasteiger partial charge in [-0.25, -0.2) is 23.1 Å². The van der Waals surface area contributed by atoms with Crippen molar-refractivity contribution in [3.8, 4) is 0 Å². The number of nitrogens with zero attached hydrogens (tertiary/aromatic N) is 3. The van der Waals surface area contributed by atoms with Gasteiger partial charge in [0, 0.05) is 28.9 Å². The van der Waals surface area contributed by atoms with Crippen LogP contribution < -0.4 is 10.0 Å². The first-order valence-corrected chi connectivity index (χ1v) is 15.2. The molecule has 1 unspecified atom stereocenters. The molecule has 1 fully saturated rings. The summed E-state index contributed by atoms with van der Waals surface area (Å²) in [5.41, 5.74) is 2.46. The van der Waals surface area contributed by atoms with Gasteiger partial charge in [-0.2, -0.15) is 0 Å². The number of hydrogen-bond acceptors (Lipinski definition) is 6. The third kappa shape index (κ3) is 5.98. The van der Waals surface area contributed by atoms with Crippen LogP contribution in [-0.2, 0) is 21.4 Å². The Balaban J connectivity index is 1.62. The molecule has 0 saturated heterocycles. The van der Waals surface area contributed by atoms with Crippen LogP contribution in [0.2, 0.25) is 5.02 Å². The van der Waals surface area contributed by atoms with Gasteiger partial charge in [0.05, 0.1) is 30.5 Å². The molecule has 1 aliphatic carbocycles. The topological polar surface area (TPSA) is 121 Å². The fourth-order valence-corrected chi connectivity index (χ4v) is 6.73. The summed E-state index contributed by atoms with van der Waals surface area (Å²) in [6.07, 6.45) is 7.06. The molecule has 2 N–H and O–H groups in total. The zero-order valence-electron chi connectivity index (χ0n) is 21.5. The smallest absolute Gasteiger partial charge is 0.255 e. The number of rotatable bonds is 7. The van der Waals surface area contributed by atoms with Crippen molar-refractivity contribution in [3.05, 3.63) is 94.5 Å². The Kier molecular flexibility index (Phi) is 7.97. The molecule has 39 heavy (non-hydrogen) atoms. The number of nitrogens with one attached hydrogen (secondary N) is 2. The summed E-state index contributed by atoms with van der Waals surface area (Å²) in [5, 5.41) is 3.54. The van der Waals surface area contributed by atoms with Gasteiger partial charge in [0.15, 0.2) is 0 Å². The Morgan fingerprint density at radius 3 is 2.54 bits per heavy atom. The molecule has 0 radical (unpaired) electrons. The van der Waals surface area contributed by atoms with Crippen molar-refractivity contribution in [1.82, 2.24) is 24.9 Å². The largest absolute Gasteiger partial charge is 0.350 e. The van der Waals surface area contributed by atoms with E-state index < -0.39 is 34.1 Å². The number of sulfonamides is 1. The van der Waals surface area contributed by atoms with E-state index in [2.05, 4.69) is 20.0 Å². The van der Waals surface area contributed by atoms with Crippen molar-refractivity contribution in [1.29, 1.82) is 0 Å². The first-order valence-electron chi connectivity index (χ1n) is 12.9. The molecule has 204 valence electrons. The predicted octanol–water partition coefficient (Wildman–Crippen LogP) is 3.59. The van der Waals surface area contributed by atoms with E-state index in [9.17, 15) is 18.0 Å². The highest BCUT2D eigenvalue weighted by molar-refractivity contribution is 7.88. The Hall–Kier alpha value is -3.34. The van der Waals surface area contributed by atoms with E-state index in [1.807, 2.05) is 24.3 Å². The summed E-state index contributed by atoms with van der Waals surface area (Å²) in [4.78, 5) is 38.1. The quantitative estimate of drug-likeness (QED) is 0.450. The summed E-state index contributed by atoms with van der Waals surface area (Å²) in [5.74, 6) is -1.23. The maximum atomic E-state index is 14.2. The minimum Gasteiger partial charge on any atom is -0.350 e. The first-order chi connectivity index (χ1) is 18.7. The van der Waals surface area contributed by atoms with E-state index in [-0.39, 0.29) is 18.4 Å². The van der Waals surface area contributed by atoms with E-state index >= 15 is 0 Å². The summed E-state index contributed by atoms with van der Waals surface area (Å²) >= 11 is 6.21. The number of carbonyl (C=O) groups excluding carboxylic acids is 2. The molecule has 2 amide bonds. The highest BCUT2D eigenvalue weighted by Gasteiger charge is 2.48. The van der Waals surface area contributed by atoms with Crippen LogP contribution in [0.3, 0.4) is 0 Å². The maximum Gasteiger partial charge on any atom is 0.255 e. The lowest BCUT2D eigenvalue weighted by Crippen LogP contribution is -2.59. The van der Waals surface area contributed by atoms with Gasteiger partial charge < -0.3 is 10.2 Å². The lowest BCUT2D eigenvalue weighted by molar-refractivity contribution is -0.124. The molecule has 2 aliphatic rings. The molecule has 2 heterocycles. The molecular weight excluding hydrogens is 538 g/mol. The fourth-order valence-electron chi connectivity index (χ4n) is 5.78. The van der Waals surface area contributed by atoms with E-state index in [0.29, 0.717) is 34.7 Å². The van der Waals surface area contributed by atoms with Crippen molar-refractivity contribution >= 4 is 33.4 Å². The first kappa shape index (κ1) is 27.2. The van der Waals surface area contributed by atoms with Crippen LogP contribution in [0.25, 0.3) is 0 Å². The number of aromatic nitrogens is 2. The Labute approximate surface area is 233 Å². The lowest BCUT2D eigenvalue weighted by atomic mass is 9.76. The molecule has 0 spiro atoms. The molecule has 9 nitrogen and oxygen atoms in total. The van der Waals surface area contributed by atoms with Crippen LogP contribution in [0.15, 0.2) is 67.1 Å². The van der Waals surface area contributed by atoms with E-state index in [1.165, 1.54) is 6.33 Å². The predicted molar refractivity (Wildman–Crippen MR) is 147 cm³/mol. The third-order valence-electron chi connectivity index (χ3n) is 7.41. The van der Waals surface area contributed by atoms with Gasteiger partial charge in [-0.05, 0) is 48.2 Å². The molecule has 4 atom stereocenters. The Bertz CT molecular complexity index is 1450. The van der Waals surface area contributed by atoms with Crippen molar-refractivity contribution in [2.75, 3.05) is 6.26 Å². The SMILES string of the molecule is CS(=O)(=O)N[C@H]1CCCCC1N1C(=O)c2ccccc2[C@@H](C(=O)NCc2ccncn2)[C@@H]1c1ccc(Cl)cc1. The fraction of sp³-hybridized carbons (Fsp3) is 0.357. The Morgan fingerprint density at radius 2 is 1.82 bits per heavy atom. The van der Waals surface area contributed by atoms with Gasteiger partial charge in [0.1, 0.15) is 6.33 Å². The highest BCUT2D eigenvalue weighted by Crippen LogP contribution is 2.46. The summed E-state index contributed by atoms with van der Waals surface area (Å²) < 4.78 is 27.3. The number of carbonyl (C=O) groups is 2. The minimum absolute atomic E-state index is 0.197. The van der Waals surface area contributed by atoms with Gasteiger partial charge >= 0.3 is 0 Å². The van der Waals surface area contributed by atoms with Crippen LogP contribution >= 0.6 is 11.6 Å². The standard InChI is InChI=1S/C28H30ClN5O4S/c1-39(37,38)33-23-8-4-5-9-24(23)34-26(18-10-12-19(29)13-11-18)25(21-6-2-3-7-22(21)28(34)36)27(35)31-16-20-14-15-30-17-32-20/h2-3,6-7,10-15,17,23-26,33H,4-5,8-9,16H2,1H3,(H,31,35)/t23-,24?,25+,26-/m0/s1. The molecule has 1 aromatic heterocycles. The molecule has 11 heteroatoms. The third-order valence-corrected chi connectivity index (χ3v) is 8.39. The average Bonchev–Trinajstić information content (AvgIpc) is 2.92. The van der Waals surface area contributed by atoms with E-state index in [1.54, 1.807) is 41.4 Å². The van der Waals surface area contributed by atoms with Crippen molar-refractivity contribution in [2.24, 2.45) is 0 Å². The zero-order chi connectivity index (χ0) is 27.6. The van der Waals surface area contributed by atoms with Crippen LogP contribution in [0.1, 0.15) is 64.8 Å². The number of fused-ring (bicyclic) bond motifs is 1. The van der Waals surface area contributed by atoms with Gasteiger partial charge in [-0.15, -0.1) is 0 Å². The maximum absolute atomic E-state index is 14.2. The molecule has 1 saturated carbocycles. The molecule has 5 rings (SSSR count). The average molecular weight is 568 g/mol. The van der Waals surface area contributed by atoms with Gasteiger partial charge in [0.25, 0.3) is 5.91 Å². The summed E-state index contributed by atoms with van der Waals surface area (Å²) in [6, 6.07) is 14.4. The monoisotopic (exact) mass is 567 g/mol. The molecular formula is C28H30ClN5O4S. The number of hydrogen-bond donors (Lipinski definition) is 2. The van der Waals surface area contributed by atoms with Crippen LogP contribution in [-0.4, -0.2) is 53.4 Å². The number of amides is 2. The lowest BCUT2D eigenvalue weighted by Gasteiger charge is -2.49. The molecule has 3 aromatic rings. The molecule has 0 bridgehead atoms. The minimum atomic E-state index is -3.53. The van der Waals surface area contributed by atoms with Crippen LogP contribution in [0.4, 0.5) is 0 Å². The van der Waals surface area contributed by atoms with Gasteiger partial charge in [-0.1, -0.05) is 54.8 Å². The summed E-state index contributed by atoms with van der Waals surface area (Å²) in [6.45, 7) is 0.197. The Morgan fingerprint density at radius 1 is 1.08 bits per heavy atom. The van der Waals surface area contributed by atoms with Crippen molar-refractivity contribution < 1.29 is 18.0 Å². The van der Waals surface area contributed by atoms with E-state index in [4.69, 9.17) is 11.6 Å². The second kappa shape index (κ2) is 11.4. The van der Waals surface area contributed by atoms with Crippen molar-refractivity contribution in [3.63, 3.8) is 0 Å². The van der Waals surface area contributed by atoms with Gasteiger partial charge in [-0.3, -0.25) is 9.59 Å². The second-order valence-corrected chi connectivity index (χ2v) is 12.3. The summed E-state index contributed by atoms with van der Waals surface area (Å²) in [7, 11) is -3.53.